The van der Waals surface area contributed by atoms with Crippen LogP contribution in [0.5, 0.6) is 5.75 Å². The zero-order chi connectivity index (χ0) is 15.6. The first-order valence-electron chi connectivity index (χ1n) is 7.80. The average Bonchev–Trinajstić information content (AvgIpc) is 3.14. The zero-order valence-electron chi connectivity index (χ0n) is 13.1. The molecule has 2 aromatic carbocycles. The normalized spacial score (nSPS) is 15.5. The lowest BCUT2D eigenvalue weighted by molar-refractivity contribution is -0.687. The largest absolute Gasteiger partial charge is 1.00 e. The van der Waals surface area contributed by atoms with Crippen LogP contribution < -0.4 is 26.3 Å². The van der Waals surface area contributed by atoms with Crippen LogP contribution >= 0.6 is 11.6 Å². The van der Waals surface area contributed by atoms with Crippen LogP contribution in [-0.4, -0.2) is 10.7 Å². The van der Waals surface area contributed by atoms with Gasteiger partial charge in [-0.25, -0.2) is 9.13 Å². The fourth-order valence-electron chi connectivity index (χ4n) is 3.06. The molecule has 0 aliphatic carbocycles. The number of imidazole rings is 1. The molecule has 0 radical (unpaired) electrons. The highest BCUT2D eigenvalue weighted by atomic mass is 79.9. The molecule has 0 fully saturated rings. The lowest BCUT2D eigenvalue weighted by Gasteiger charge is -2.07. The highest BCUT2D eigenvalue weighted by Gasteiger charge is 2.25. The van der Waals surface area contributed by atoms with E-state index in [9.17, 15) is 0 Å². The van der Waals surface area contributed by atoms with Crippen LogP contribution in [0.2, 0.25) is 5.02 Å². The fourth-order valence-corrected chi connectivity index (χ4v) is 3.26. The van der Waals surface area contributed by atoms with Crippen LogP contribution in [0.15, 0.2) is 67.3 Å². The second-order valence-electron chi connectivity index (χ2n) is 5.96. The molecule has 124 valence electrons. The smallest absolute Gasteiger partial charge is 0.244 e. The fraction of sp³-hybridized carbons (Fsp3) is 0.211. The van der Waals surface area contributed by atoms with Crippen molar-refractivity contribution in [2.45, 2.75) is 25.6 Å². The summed E-state index contributed by atoms with van der Waals surface area (Å²) in [7, 11) is 0. The summed E-state index contributed by atoms with van der Waals surface area (Å²) in [5, 5.41) is 0.773. The third-order valence-electron chi connectivity index (χ3n) is 4.13. The Hall–Kier alpha value is -1.78. The van der Waals surface area contributed by atoms with Crippen LogP contribution in [-0.2, 0) is 19.5 Å². The predicted octanol–water partition coefficient (Wildman–Crippen LogP) is 0.485. The number of halogens is 2. The van der Waals surface area contributed by atoms with Gasteiger partial charge in [0.25, 0.3) is 0 Å². The molecule has 0 spiro atoms. The molecule has 0 bridgehead atoms. The highest BCUT2D eigenvalue weighted by molar-refractivity contribution is 6.30. The molecular formula is C19H18BrClN2O. The van der Waals surface area contributed by atoms with Gasteiger partial charge in [0.05, 0.1) is 0 Å². The van der Waals surface area contributed by atoms with Crippen LogP contribution in [0.25, 0.3) is 0 Å². The predicted molar refractivity (Wildman–Crippen MR) is 89.7 cm³/mol. The third-order valence-corrected chi connectivity index (χ3v) is 4.37. The van der Waals surface area contributed by atoms with E-state index in [2.05, 4.69) is 52.1 Å². The number of aromatic nitrogens is 2. The summed E-state index contributed by atoms with van der Waals surface area (Å²) >= 11 is 6.05. The molecule has 3 aromatic rings. The van der Waals surface area contributed by atoms with E-state index in [1.54, 1.807) is 0 Å². The Kier molecular flexibility index (Phi) is 5.27. The number of hydrogen-bond acceptors (Lipinski definition) is 1. The molecule has 0 amide bonds. The van der Waals surface area contributed by atoms with Gasteiger partial charge in [-0.3, -0.25) is 0 Å². The Morgan fingerprint density at radius 3 is 2.83 bits per heavy atom. The topological polar surface area (TPSA) is 18.0 Å². The number of hydrogen-bond donors (Lipinski definition) is 0. The average molecular weight is 406 g/mol. The van der Waals surface area contributed by atoms with Gasteiger partial charge in [-0.05, 0) is 29.3 Å². The molecule has 4 rings (SSSR count). The maximum atomic E-state index is 6.05. The van der Waals surface area contributed by atoms with Gasteiger partial charge in [0.15, 0.2) is 0 Å². The zero-order valence-corrected chi connectivity index (χ0v) is 15.5. The molecule has 1 atom stereocenters. The molecule has 0 N–H and O–H groups in total. The van der Waals surface area contributed by atoms with E-state index in [0.717, 1.165) is 30.3 Å². The van der Waals surface area contributed by atoms with Crippen molar-refractivity contribution in [3.05, 3.63) is 83.4 Å². The van der Waals surface area contributed by atoms with Gasteiger partial charge >= 0.3 is 0 Å². The molecule has 5 heteroatoms. The minimum atomic E-state index is 0. The lowest BCUT2D eigenvalue weighted by atomic mass is 10.1. The maximum Gasteiger partial charge on any atom is 0.244 e. The molecule has 24 heavy (non-hydrogen) atoms. The minimum Gasteiger partial charge on any atom is -1.00 e. The van der Waals surface area contributed by atoms with Crippen LogP contribution in [0.3, 0.4) is 0 Å². The minimum absolute atomic E-state index is 0. The summed E-state index contributed by atoms with van der Waals surface area (Å²) in [6.07, 6.45) is 7.41. The SMILES string of the molecule is Clc1ccc2c(c1)CC(Cn1cc[n+](Cc3ccccc3)c1)O2.[Br-]. The van der Waals surface area contributed by atoms with Gasteiger partial charge in [-0.15, -0.1) is 0 Å². The Morgan fingerprint density at radius 2 is 2.00 bits per heavy atom. The summed E-state index contributed by atoms with van der Waals surface area (Å²) in [6, 6.07) is 16.3. The number of nitrogens with zero attached hydrogens (tertiary/aromatic N) is 2. The van der Waals surface area contributed by atoms with Crippen LogP contribution in [0.4, 0.5) is 0 Å². The molecule has 1 unspecified atom stereocenters. The van der Waals surface area contributed by atoms with E-state index in [4.69, 9.17) is 16.3 Å². The van der Waals surface area contributed by atoms with Crippen LogP contribution in [0, 0.1) is 0 Å². The van der Waals surface area contributed by atoms with Crippen molar-refractivity contribution in [2.75, 3.05) is 0 Å². The lowest BCUT2D eigenvalue weighted by Crippen LogP contribution is -3.00. The van der Waals surface area contributed by atoms with E-state index in [1.165, 1.54) is 11.1 Å². The third kappa shape index (κ3) is 3.82. The second kappa shape index (κ2) is 7.41. The molecule has 1 aromatic heterocycles. The first-order valence-corrected chi connectivity index (χ1v) is 8.18. The highest BCUT2D eigenvalue weighted by Crippen LogP contribution is 2.31. The Bertz CT molecular complexity index is 819. The molecular weight excluding hydrogens is 388 g/mol. The number of fused-ring (bicyclic) bond motifs is 1. The van der Waals surface area contributed by atoms with Gasteiger partial charge in [-0.1, -0.05) is 41.9 Å². The molecule has 3 nitrogen and oxygen atoms in total. The van der Waals surface area contributed by atoms with Gasteiger partial charge in [0, 0.05) is 11.4 Å². The van der Waals surface area contributed by atoms with Crippen molar-refractivity contribution in [2.24, 2.45) is 0 Å². The van der Waals surface area contributed by atoms with Crippen molar-refractivity contribution in [1.29, 1.82) is 0 Å². The number of benzene rings is 2. The molecule has 0 saturated carbocycles. The summed E-state index contributed by atoms with van der Waals surface area (Å²) in [6.45, 7) is 1.73. The van der Waals surface area contributed by atoms with Crippen LogP contribution in [0.1, 0.15) is 11.1 Å². The molecule has 0 saturated heterocycles. The van der Waals surface area contributed by atoms with E-state index < -0.39 is 0 Å². The van der Waals surface area contributed by atoms with Gasteiger partial charge in [-0.2, -0.15) is 0 Å². The quantitative estimate of drug-likeness (QED) is 0.578. The van der Waals surface area contributed by atoms with E-state index in [1.807, 2.05) is 24.3 Å². The van der Waals surface area contributed by atoms with Crippen molar-refractivity contribution in [3.8, 4) is 5.75 Å². The Balaban J connectivity index is 0.00000169. The standard InChI is InChI=1S/C19H18ClN2O.BrH/c20-17-6-7-19-16(10-17)11-18(23-19)13-22-9-8-21(14-22)12-15-4-2-1-3-5-15;/h1-10,14,18H,11-13H2;1H/q+1;/p-1. The van der Waals surface area contributed by atoms with Gasteiger partial charge in [0.1, 0.15) is 37.3 Å². The van der Waals surface area contributed by atoms with E-state index >= 15 is 0 Å². The first kappa shape index (κ1) is 17.1. The summed E-state index contributed by atoms with van der Waals surface area (Å²) < 4.78 is 10.4. The molecule has 2 heterocycles. The monoisotopic (exact) mass is 404 g/mol. The summed E-state index contributed by atoms with van der Waals surface area (Å²) in [5.74, 6) is 0.962. The first-order chi connectivity index (χ1) is 11.3. The van der Waals surface area contributed by atoms with Crippen molar-refractivity contribution >= 4 is 11.6 Å². The van der Waals surface area contributed by atoms with Crippen molar-refractivity contribution in [1.82, 2.24) is 4.57 Å². The summed E-state index contributed by atoms with van der Waals surface area (Å²) in [5.41, 5.74) is 2.50. The Labute approximate surface area is 157 Å². The van der Waals surface area contributed by atoms with Gasteiger partial charge < -0.3 is 21.7 Å². The van der Waals surface area contributed by atoms with Gasteiger partial charge in [0.2, 0.25) is 6.33 Å². The number of ether oxygens (including phenoxy) is 1. The maximum absolute atomic E-state index is 6.05. The molecule has 1 aliphatic heterocycles. The van der Waals surface area contributed by atoms with Crippen molar-refractivity contribution in [3.63, 3.8) is 0 Å². The number of rotatable bonds is 4. The second-order valence-corrected chi connectivity index (χ2v) is 6.40. The van der Waals surface area contributed by atoms with E-state index in [0.29, 0.717) is 0 Å². The van der Waals surface area contributed by atoms with E-state index in [-0.39, 0.29) is 23.1 Å². The van der Waals surface area contributed by atoms with Crippen molar-refractivity contribution < 1.29 is 26.3 Å². The Morgan fingerprint density at radius 1 is 1.17 bits per heavy atom. The summed E-state index contributed by atoms with van der Waals surface area (Å²) in [4.78, 5) is 0. The molecule has 1 aliphatic rings.